The van der Waals surface area contributed by atoms with Gasteiger partial charge in [-0.25, -0.2) is 0 Å². The monoisotopic (exact) mass is 474 g/mol. The number of aromatic nitrogens is 3. The fourth-order valence-electron chi connectivity index (χ4n) is 3.65. The normalized spacial score (nSPS) is 11.9. The van der Waals surface area contributed by atoms with Crippen molar-refractivity contribution in [1.29, 1.82) is 0 Å². The first kappa shape index (κ1) is 27.3. The number of amides is 1. The number of nitrogens with zero attached hydrogens (tertiary/aromatic N) is 3. The summed E-state index contributed by atoms with van der Waals surface area (Å²) in [6.45, 7) is 1.35. The van der Waals surface area contributed by atoms with Crippen molar-refractivity contribution in [1.82, 2.24) is 20.3 Å². The highest BCUT2D eigenvalue weighted by atomic mass is 16.5. The van der Waals surface area contributed by atoms with Gasteiger partial charge in [0.2, 0.25) is 5.91 Å². The third kappa shape index (κ3) is 11.2. The molecule has 6 N–H and O–H groups in total. The zero-order chi connectivity index (χ0) is 24.6. The number of ether oxygens (including phenoxy) is 1. The lowest BCUT2D eigenvalue weighted by Gasteiger charge is -2.14. The molecule has 10 heteroatoms. The number of benzene rings is 1. The first-order valence-electron chi connectivity index (χ1n) is 12.0. The summed E-state index contributed by atoms with van der Waals surface area (Å²) in [6, 6.07) is 7.01. The molecule has 0 aliphatic heterocycles. The number of primary amides is 1. The summed E-state index contributed by atoms with van der Waals surface area (Å²) in [6.07, 6.45) is 11.3. The Bertz CT molecular complexity index is 855. The summed E-state index contributed by atoms with van der Waals surface area (Å²) in [5.74, 6) is -0.423. The molecule has 0 aliphatic carbocycles. The predicted octanol–water partition coefficient (Wildman–Crippen LogP) is 2.35. The standard InChI is InChI=1S/C24H38N6O4/c25-18-27-22(24(26)33)15-19-10-12-21(13-11-19)34-17-20-16-30(29-28-20)14-8-6-4-2-1-3-5-7-9-23(31)32/h10-13,16,22,27H,1-9,14-15,17-18,25H2,(H2,26,33)(H,31,32)/t22-/m0/s1. The van der Waals surface area contributed by atoms with Crippen molar-refractivity contribution in [2.45, 2.75) is 83.4 Å². The number of aliphatic carboxylic acids is 1. The summed E-state index contributed by atoms with van der Waals surface area (Å²) >= 11 is 0. The van der Waals surface area contributed by atoms with E-state index in [1.165, 1.54) is 19.3 Å². The van der Waals surface area contributed by atoms with Crippen LogP contribution in [0.2, 0.25) is 0 Å². The van der Waals surface area contributed by atoms with Crippen LogP contribution in [0.5, 0.6) is 5.75 Å². The SMILES string of the molecule is NCN[C@@H](Cc1ccc(OCc2cn(CCCCCCCCCCC(=O)O)nn2)cc1)C(N)=O. The molecule has 34 heavy (non-hydrogen) atoms. The van der Waals surface area contributed by atoms with Crippen LogP contribution in [0.4, 0.5) is 0 Å². The van der Waals surface area contributed by atoms with Crippen LogP contribution in [0.3, 0.4) is 0 Å². The van der Waals surface area contributed by atoms with Gasteiger partial charge in [-0.1, -0.05) is 55.9 Å². The molecule has 0 saturated heterocycles. The zero-order valence-corrected chi connectivity index (χ0v) is 19.8. The molecule has 1 heterocycles. The van der Waals surface area contributed by atoms with E-state index in [9.17, 15) is 9.59 Å². The number of nitrogens with one attached hydrogen (secondary N) is 1. The Balaban J connectivity index is 1.59. The minimum atomic E-state index is -0.704. The maximum atomic E-state index is 11.4. The number of carboxylic acid groups (broad SMARTS) is 1. The molecule has 1 atom stereocenters. The number of hydrogen-bond donors (Lipinski definition) is 4. The van der Waals surface area contributed by atoms with Crippen molar-refractivity contribution in [2.24, 2.45) is 11.5 Å². The number of carbonyl (C=O) groups excluding carboxylic acids is 1. The Morgan fingerprint density at radius 3 is 2.29 bits per heavy atom. The third-order valence-corrected chi connectivity index (χ3v) is 5.57. The summed E-state index contributed by atoms with van der Waals surface area (Å²) in [5.41, 5.74) is 12.6. The molecule has 10 nitrogen and oxygen atoms in total. The van der Waals surface area contributed by atoms with Gasteiger partial charge in [-0.2, -0.15) is 0 Å². The number of nitrogens with two attached hydrogens (primary N) is 2. The summed E-state index contributed by atoms with van der Waals surface area (Å²) < 4.78 is 7.64. The largest absolute Gasteiger partial charge is 0.487 e. The van der Waals surface area contributed by atoms with E-state index in [2.05, 4.69) is 15.6 Å². The molecule has 1 amide bonds. The van der Waals surface area contributed by atoms with Gasteiger partial charge in [-0.3, -0.25) is 19.6 Å². The first-order chi connectivity index (χ1) is 16.5. The molecule has 0 fully saturated rings. The lowest BCUT2D eigenvalue weighted by Crippen LogP contribution is -2.45. The van der Waals surface area contributed by atoms with E-state index in [1.807, 2.05) is 35.1 Å². The van der Waals surface area contributed by atoms with E-state index < -0.39 is 17.9 Å². The molecule has 0 aliphatic rings. The minimum absolute atomic E-state index is 0.188. The fraction of sp³-hybridized carbons (Fsp3) is 0.583. The van der Waals surface area contributed by atoms with Gasteiger partial charge in [0.05, 0.1) is 12.2 Å². The number of aryl methyl sites for hydroxylation is 1. The highest BCUT2D eigenvalue weighted by molar-refractivity contribution is 5.80. The van der Waals surface area contributed by atoms with Gasteiger partial charge < -0.3 is 21.3 Å². The van der Waals surface area contributed by atoms with Gasteiger partial charge in [-0.05, 0) is 37.0 Å². The highest BCUT2D eigenvalue weighted by Crippen LogP contribution is 2.15. The second-order valence-corrected chi connectivity index (χ2v) is 8.45. The molecule has 188 valence electrons. The van der Waals surface area contributed by atoms with Crippen molar-refractivity contribution < 1.29 is 19.4 Å². The Morgan fingerprint density at radius 2 is 1.68 bits per heavy atom. The lowest BCUT2D eigenvalue weighted by molar-refractivity contribution is -0.137. The Kier molecular flexibility index (Phi) is 12.7. The maximum absolute atomic E-state index is 11.4. The minimum Gasteiger partial charge on any atom is -0.487 e. The number of carboxylic acids is 1. The topological polar surface area (TPSA) is 158 Å². The van der Waals surface area contributed by atoms with Crippen molar-refractivity contribution in [3.63, 3.8) is 0 Å². The van der Waals surface area contributed by atoms with E-state index in [4.69, 9.17) is 21.3 Å². The number of rotatable bonds is 19. The smallest absolute Gasteiger partial charge is 0.303 e. The van der Waals surface area contributed by atoms with Crippen molar-refractivity contribution >= 4 is 11.9 Å². The zero-order valence-electron chi connectivity index (χ0n) is 19.8. The second-order valence-electron chi connectivity index (χ2n) is 8.45. The molecular weight excluding hydrogens is 436 g/mol. The number of hydrogen-bond acceptors (Lipinski definition) is 7. The number of unbranched alkanes of at least 4 members (excludes halogenated alkanes) is 7. The second kappa shape index (κ2) is 15.8. The summed E-state index contributed by atoms with van der Waals surface area (Å²) in [7, 11) is 0. The van der Waals surface area contributed by atoms with Gasteiger partial charge in [0.1, 0.15) is 18.1 Å². The van der Waals surface area contributed by atoms with Crippen LogP contribution in [-0.2, 0) is 29.2 Å². The van der Waals surface area contributed by atoms with Crippen molar-refractivity contribution in [3.05, 3.63) is 41.7 Å². The summed E-state index contributed by atoms with van der Waals surface area (Å²) in [5, 5.41) is 19.8. The van der Waals surface area contributed by atoms with Crippen LogP contribution >= 0.6 is 0 Å². The van der Waals surface area contributed by atoms with Crippen LogP contribution in [-0.4, -0.2) is 44.7 Å². The van der Waals surface area contributed by atoms with Gasteiger partial charge in [-0.15, -0.1) is 5.10 Å². The lowest BCUT2D eigenvalue weighted by atomic mass is 10.1. The third-order valence-electron chi connectivity index (χ3n) is 5.57. The Hall–Kier alpha value is -2.98. The van der Waals surface area contributed by atoms with E-state index >= 15 is 0 Å². The van der Waals surface area contributed by atoms with E-state index in [0.717, 1.165) is 49.9 Å². The van der Waals surface area contributed by atoms with Crippen LogP contribution < -0.4 is 21.5 Å². The molecule has 0 spiro atoms. The fourth-order valence-corrected chi connectivity index (χ4v) is 3.65. The van der Waals surface area contributed by atoms with E-state index in [1.54, 1.807) is 0 Å². The van der Waals surface area contributed by atoms with Crippen LogP contribution in [0.1, 0.15) is 69.0 Å². The molecule has 2 rings (SSSR count). The quantitative estimate of drug-likeness (QED) is 0.178. The Labute approximate surface area is 201 Å². The molecule has 1 aromatic carbocycles. The molecule has 0 bridgehead atoms. The average Bonchev–Trinajstić information content (AvgIpc) is 3.27. The Morgan fingerprint density at radius 1 is 1.03 bits per heavy atom. The molecule has 0 radical (unpaired) electrons. The predicted molar refractivity (Wildman–Crippen MR) is 129 cm³/mol. The number of carbonyl (C=O) groups is 2. The van der Waals surface area contributed by atoms with Crippen LogP contribution in [0, 0.1) is 0 Å². The molecule has 0 unspecified atom stereocenters. The van der Waals surface area contributed by atoms with Gasteiger partial charge in [0, 0.05) is 19.6 Å². The van der Waals surface area contributed by atoms with Crippen LogP contribution in [0.15, 0.2) is 30.5 Å². The first-order valence-corrected chi connectivity index (χ1v) is 12.0. The van der Waals surface area contributed by atoms with Gasteiger partial charge >= 0.3 is 5.97 Å². The molecular formula is C24H38N6O4. The van der Waals surface area contributed by atoms with Crippen molar-refractivity contribution in [3.8, 4) is 5.75 Å². The van der Waals surface area contributed by atoms with E-state index in [-0.39, 0.29) is 13.1 Å². The van der Waals surface area contributed by atoms with Crippen molar-refractivity contribution in [2.75, 3.05) is 6.67 Å². The average molecular weight is 475 g/mol. The molecule has 0 saturated carbocycles. The highest BCUT2D eigenvalue weighted by Gasteiger charge is 2.14. The van der Waals surface area contributed by atoms with Crippen LogP contribution in [0.25, 0.3) is 0 Å². The van der Waals surface area contributed by atoms with E-state index in [0.29, 0.717) is 18.8 Å². The molecule has 1 aromatic heterocycles. The maximum Gasteiger partial charge on any atom is 0.303 e. The summed E-state index contributed by atoms with van der Waals surface area (Å²) in [4.78, 5) is 21.9. The van der Waals surface area contributed by atoms with Gasteiger partial charge in [0.15, 0.2) is 0 Å². The molecule has 2 aromatic rings. The van der Waals surface area contributed by atoms with Gasteiger partial charge in [0.25, 0.3) is 0 Å².